The van der Waals surface area contributed by atoms with Crippen molar-refractivity contribution in [1.82, 2.24) is 15.1 Å². The van der Waals surface area contributed by atoms with Crippen molar-refractivity contribution in [1.29, 1.82) is 0 Å². The molecule has 0 aliphatic carbocycles. The fourth-order valence-electron chi connectivity index (χ4n) is 2.58. The van der Waals surface area contributed by atoms with Gasteiger partial charge in [-0.15, -0.1) is 11.3 Å². The van der Waals surface area contributed by atoms with Crippen molar-refractivity contribution in [3.63, 3.8) is 0 Å². The molecule has 0 fully saturated rings. The van der Waals surface area contributed by atoms with E-state index in [9.17, 15) is 9.90 Å². The summed E-state index contributed by atoms with van der Waals surface area (Å²) in [6.45, 7) is 3.79. The molecule has 3 aromatic rings. The third kappa shape index (κ3) is 3.13. The third-order valence-corrected chi connectivity index (χ3v) is 4.98. The first-order valence-electron chi connectivity index (χ1n) is 7.56. The Bertz CT molecular complexity index is 849. The lowest BCUT2D eigenvalue weighted by molar-refractivity contribution is 0.0916. The fourth-order valence-corrected chi connectivity index (χ4v) is 3.46. The lowest BCUT2D eigenvalue weighted by Gasteiger charge is -2.10. The SMILES string of the molecule is Cc1nn(C)c(C)c1C(=O)NCC(O)c1cc(-c2ccco2)cs1. The molecule has 7 heteroatoms. The van der Waals surface area contributed by atoms with E-state index in [0.717, 1.165) is 21.9 Å². The summed E-state index contributed by atoms with van der Waals surface area (Å²) >= 11 is 1.44. The summed E-state index contributed by atoms with van der Waals surface area (Å²) < 4.78 is 7.02. The van der Waals surface area contributed by atoms with Crippen molar-refractivity contribution >= 4 is 17.2 Å². The molecular weight excluding hydrogens is 326 g/mol. The standard InChI is InChI=1S/C17H19N3O3S/c1-10-16(11(2)20(3)19-10)17(22)18-8-13(21)15-7-12(9-24-15)14-5-4-6-23-14/h4-7,9,13,21H,8H2,1-3H3,(H,18,22). The molecule has 0 aliphatic heterocycles. The van der Waals surface area contributed by atoms with E-state index in [1.165, 1.54) is 11.3 Å². The number of aliphatic hydroxyl groups is 1. The Labute approximate surface area is 143 Å². The van der Waals surface area contributed by atoms with E-state index in [4.69, 9.17) is 4.42 Å². The minimum Gasteiger partial charge on any atom is -0.464 e. The van der Waals surface area contributed by atoms with Crippen LogP contribution in [-0.2, 0) is 7.05 Å². The van der Waals surface area contributed by atoms with Crippen LogP contribution in [0.1, 0.15) is 32.7 Å². The number of nitrogens with one attached hydrogen (secondary N) is 1. The Morgan fingerprint density at radius 2 is 2.29 bits per heavy atom. The molecule has 24 heavy (non-hydrogen) atoms. The van der Waals surface area contributed by atoms with Crippen LogP contribution in [0.25, 0.3) is 11.3 Å². The molecule has 3 rings (SSSR count). The molecule has 0 spiro atoms. The Balaban J connectivity index is 1.65. The molecule has 0 radical (unpaired) electrons. The summed E-state index contributed by atoms with van der Waals surface area (Å²) in [6.07, 6.45) is 0.849. The molecule has 0 aromatic carbocycles. The first kappa shape index (κ1) is 16.5. The minimum absolute atomic E-state index is 0.144. The van der Waals surface area contributed by atoms with E-state index in [1.807, 2.05) is 30.5 Å². The average Bonchev–Trinajstić information content (AvgIpc) is 3.26. The van der Waals surface area contributed by atoms with Crippen molar-refractivity contribution in [3.05, 3.63) is 51.7 Å². The van der Waals surface area contributed by atoms with E-state index < -0.39 is 6.10 Å². The summed E-state index contributed by atoms with van der Waals surface area (Å²) in [5.41, 5.74) is 2.96. The van der Waals surface area contributed by atoms with Crippen LogP contribution in [0.15, 0.2) is 34.3 Å². The first-order valence-corrected chi connectivity index (χ1v) is 8.44. The maximum absolute atomic E-state index is 12.3. The van der Waals surface area contributed by atoms with Crippen LogP contribution in [0, 0.1) is 13.8 Å². The van der Waals surface area contributed by atoms with Crippen LogP contribution in [-0.4, -0.2) is 27.3 Å². The smallest absolute Gasteiger partial charge is 0.255 e. The van der Waals surface area contributed by atoms with Crippen molar-refractivity contribution in [2.24, 2.45) is 7.05 Å². The number of thiophene rings is 1. The predicted octanol–water partition coefficient (Wildman–Crippen LogP) is 2.82. The number of rotatable bonds is 5. The van der Waals surface area contributed by atoms with E-state index in [1.54, 1.807) is 24.9 Å². The molecular formula is C17H19N3O3S. The highest BCUT2D eigenvalue weighted by Gasteiger charge is 2.19. The number of hydrogen-bond acceptors (Lipinski definition) is 5. The Kier molecular flexibility index (Phi) is 4.55. The summed E-state index contributed by atoms with van der Waals surface area (Å²) in [5.74, 6) is 0.537. The van der Waals surface area contributed by atoms with Gasteiger partial charge >= 0.3 is 0 Å². The van der Waals surface area contributed by atoms with Gasteiger partial charge in [0.05, 0.1) is 17.5 Å². The third-order valence-electron chi connectivity index (χ3n) is 3.95. The van der Waals surface area contributed by atoms with Gasteiger partial charge < -0.3 is 14.8 Å². The van der Waals surface area contributed by atoms with E-state index >= 15 is 0 Å². The molecule has 1 amide bonds. The molecule has 3 heterocycles. The molecule has 0 aliphatic rings. The molecule has 2 N–H and O–H groups in total. The number of aryl methyl sites for hydroxylation is 2. The number of aromatic nitrogens is 2. The zero-order valence-electron chi connectivity index (χ0n) is 13.7. The molecule has 6 nitrogen and oxygen atoms in total. The van der Waals surface area contributed by atoms with Gasteiger partial charge in [0.15, 0.2) is 0 Å². The summed E-state index contributed by atoms with van der Waals surface area (Å²) in [5, 5.41) is 19.3. The van der Waals surface area contributed by atoms with E-state index in [2.05, 4.69) is 10.4 Å². The Hall–Kier alpha value is -2.38. The highest BCUT2D eigenvalue weighted by atomic mass is 32.1. The molecule has 3 aromatic heterocycles. The summed E-state index contributed by atoms with van der Waals surface area (Å²) in [6, 6.07) is 5.57. The zero-order valence-corrected chi connectivity index (χ0v) is 14.6. The van der Waals surface area contributed by atoms with Gasteiger partial charge in [0.25, 0.3) is 5.91 Å². The van der Waals surface area contributed by atoms with Crippen LogP contribution < -0.4 is 5.32 Å². The normalized spacial score (nSPS) is 12.3. The van der Waals surface area contributed by atoms with Gasteiger partial charge in [-0.1, -0.05) is 0 Å². The quantitative estimate of drug-likeness (QED) is 0.745. The fraction of sp³-hybridized carbons (Fsp3) is 0.294. The topological polar surface area (TPSA) is 80.3 Å². The first-order chi connectivity index (χ1) is 11.5. The lowest BCUT2D eigenvalue weighted by Crippen LogP contribution is -2.29. The van der Waals surface area contributed by atoms with Crippen LogP contribution in [0.5, 0.6) is 0 Å². The molecule has 1 unspecified atom stereocenters. The highest BCUT2D eigenvalue weighted by Crippen LogP contribution is 2.29. The van der Waals surface area contributed by atoms with E-state index in [0.29, 0.717) is 11.3 Å². The molecule has 126 valence electrons. The molecule has 0 bridgehead atoms. The second-order valence-electron chi connectivity index (χ2n) is 5.61. The van der Waals surface area contributed by atoms with Crippen LogP contribution in [0.2, 0.25) is 0 Å². The second-order valence-corrected chi connectivity index (χ2v) is 6.55. The predicted molar refractivity (Wildman–Crippen MR) is 92.0 cm³/mol. The van der Waals surface area contributed by atoms with Gasteiger partial charge in [-0.25, -0.2) is 0 Å². The monoisotopic (exact) mass is 345 g/mol. The number of carbonyl (C=O) groups is 1. The second kappa shape index (κ2) is 6.62. The van der Waals surface area contributed by atoms with Gasteiger partial charge in [-0.2, -0.15) is 5.10 Å². The van der Waals surface area contributed by atoms with Crippen molar-refractivity contribution < 1.29 is 14.3 Å². The minimum atomic E-state index is -0.764. The number of aliphatic hydroxyl groups excluding tert-OH is 1. The van der Waals surface area contributed by atoms with Gasteiger partial charge in [-0.05, 0) is 32.0 Å². The van der Waals surface area contributed by atoms with Crippen LogP contribution in [0.4, 0.5) is 0 Å². The van der Waals surface area contributed by atoms with Crippen LogP contribution >= 0.6 is 11.3 Å². The number of hydrogen-bond donors (Lipinski definition) is 2. The number of furan rings is 1. The lowest BCUT2D eigenvalue weighted by atomic mass is 10.1. The van der Waals surface area contributed by atoms with Crippen molar-refractivity contribution in [2.45, 2.75) is 20.0 Å². The molecule has 0 saturated carbocycles. The molecule has 1 atom stereocenters. The van der Waals surface area contributed by atoms with Gasteiger partial charge in [-0.3, -0.25) is 9.48 Å². The number of nitrogens with zero attached hydrogens (tertiary/aromatic N) is 2. The summed E-state index contributed by atoms with van der Waals surface area (Å²) in [7, 11) is 1.80. The van der Waals surface area contributed by atoms with E-state index in [-0.39, 0.29) is 12.5 Å². The Morgan fingerprint density at radius 1 is 1.50 bits per heavy atom. The van der Waals surface area contributed by atoms with Gasteiger partial charge in [0, 0.05) is 35.1 Å². The highest BCUT2D eigenvalue weighted by molar-refractivity contribution is 7.10. The van der Waals surface area contributed by atoms with Crippen molar-refractivity contribution in [3.8, 4) is 11.3 Å². The zero-order chi connectivity index (χ0) is 17.3. The average molecular weight is 345 g/mol. The Morgan fingerprint density at radius 3 is 2.92 bits per heavy atom. The number of amides is 1. The van der Waals surface area contributed by atoms with Crippen LogP contribution in [0.3, 0.4) is 0 Å². The maximum Gasteiger partial charge on any atom is 0.255 e. The summed E-state index contributed by atoms with van der Waals surface area (Å²) in [4.78, 5) is 13.1. The maximum atomic E-state index is 12.3. The number of carbonyl (C=O) groups excluding carboxylic acids is 1. The van der Waals surface area contributed by atoms with Crippen molar-refractivity contribution in [2.75, 3.05) is 6.54 Å². The largest absolute Gasteiger partial charge is 0.464 e. The van der Waals surface area contributed by atoms with Gasteiger partial charge in [0.2, 0.25) is 0 Å². The van der Waals surface area contributed by atoms with Gasteiger partial charge in [0.1, 0.15) is 11.9 Å². The molecule has 0 saturated heterocycles.